The molecule has 0 aliphatic rings. The highest BCUT2D eigenvalue weighted by Crippen LogP contribution is 2.36. The van der Waals surface area contributed by atoms with Crippen LogP contribution in [0.2, 0.25) is 0 Å². The van der Waals surface area contributed by atoms with Crippen LogP contribution in [0.15, 0.2) is 4.52 Å². The minimum atomic E-state index is -0.310. The fourth-order valence-corrected chi connectivity index (χ4v) is 2.55. The Morgan fingerprint density at radius 2 is 1.82 bits per heavy atom. The van der Waals surface area contributed by atoms with E-state index in [9.17, 15) is 4.79 Å². The number of hydrogen-bond donors (Lipinski definition) is 1. The molecule has 1 N–H and O–H groups in total. The maximum absolute atomic E-state index is 12.6. The molecular formula is C18H32N2O2. The van der Waals surface area contributed by atoms with Crippen molar-refractivity contribution in [2.45, 2.75) is 86.1 Å². The van der Waals surface area contributed by atoms with E-state index in [-0.39, 0.29) is 16.9 Å². The number of nitrogens with one attached hydrogen (secondary N) is 1. The van der Waals surface area contributed by atoms with Crippen molar-refractivity contribution < 1.29 is 9.32 Å². The summed E-state index contributed by atoms with van der Waals surface area (Å²) < 4.78 is 5.23. The van der Waals surface area contributed by atoms with Crippen LogP contribution in [0.25, 0.3) is 0 Å². The summed E-state index contributed by atoms with van der Waals surface area (Å²) in [6.07, 6.45) is 5.46. The SMILES string of the molecule is CCCCCC(C)(C)C(C)(C)NC(=O)c1noc(CC)c1C. The van der Waals surface area contributed by atoms with Gasteiger partial charge < -0.3 is 9.84 Å². The van der Waals surface area contributed by atoms with E-state index in [4.69, 9.17) is 4.52 Å². The second-order valence-corrected chi connectivity index (χ2v) is 7.35. The Kier molecular flexibility index (Phi) is 6.21. The number of unbranched alkanes of at least 4 members (excludes halogenated alkanes) is 2. The molecule has 1 heterocycles. The maximum atomic E-state index is 12.6. The van der Waals surface area contributed by atoms with Crippen molar-refractivity contribution in [1.29, 1.82) is 0 Å². The van der Waals surface area contributed by atoms with Crippen molar-refractivity contribution in [1.82, 2.24) is 10.5 Å². The quantitative estimate of drug-likeness (QED) is 0.711. The Morgan fingerprint density at radius 1 is 1.18 bits per heavy atom. The first kappa shape index (κ1) is 18.7. The minimum Gasteiger partial charge on any atom is -0.360 e. The second kappa shape index (κ2) is 7.30. The molecule has 0 fully saturated rings. The van der Waals surface area contributed by atoms with Gasteiger partial charge in [0.15, 0.2) is 5.69 Å². The van der Waals surface area contributed by atoms with Gasteiger partial charge in [-0.1, -0.05) is 52.1 Å². The Balaban J connectivity index is 2.81. The van der Waals surface area contributed by atoms with Gasteiger partial charge in [0.25, 0.3) is 5.91 Å². The molecule has 0 saturated heterocycles. The largest absolute Gasteiger partial charge is 0.360 e. The number of carbonyl (C=O) groups excluding carboxylic acids is 1. The van der Waals surface area contributed by atoms with Gasteiger partial charge in [-0.25, -0.2) is 0 Å². The molecule has 0 spiro atoms. The van der Waals surface area contributed by atoms with E-state index in [1.807, 2.05) is 13.8 Å². The predicted octanol–water partition coefficient (Wildman–Crippen LogP) is 4.66. The number of hydrogen-bond acceptors (Lipinski definition) is 3. The first-order valence-electron chi connectivity index (χ1n) is 8.44. The van der Waals surface area contributed by atoms with E-state index in [1.54, 1.807) is 0 Å². The average molecular weight is 308 g/mol. The maximum Gasteiger partial charge on any atom is 0.274 e. The summed E-state index contributed by atoms with van der Waals surface area (Å²) in [5.74, 6) is 0.639. The van der Waals surface area contributed by atoms with E-state index in [1.165, 1.54) is 19.3 Å². The standard InChI is InChI=1S/C18H32N2O2/c1-8-10-11-12-17(4,5)18(6,7)19-16(21)15-13(3)14(9-2)22-20-15/h8-12H2,1-7H3,(H,19,21). The van der Waals surface area contributed by atoms with Gasteiger partial charge in [0.1, 0.15) is 5.76 Å². The normalized spacial score (nSPS) is 12.5. The van der Waals surface area contributed by atoms with E-state index < -0.39 is 0 Å². The number of rotatable bonds is 8. The summed E-state index contributed by atoms with van der Waals surface area (Å²) in [6.45, 7) is 14.7. The molecule has 0 saturated carbocycles. The van der Waals surface area contributed by atoms with Crippen LogP contribution < -0.4 is 5.32 Å². The van der Waals surface area contributed by atoms with Crippen LogP contribution in [0.1, 0.15) is 89.0 Å². The summed E-state index contributed by atoms with van der Waals surface area (Å²) in [7, 11) is 0. The van der Waals surface area contributed by atoms with Gasteiger partial charge in [0.2, 0.25) is 0 Å². The lowest BCUT2D eigenvalue weighted by molar-refractivity contribution is 0.0774. The van der Waals surface area contributed by atoms with Crippen molar-refractivity contribution in [3.63, 3.8) is 0 Å². The molecule has 0 aliphatic carbocycles. The van der Waals surface area contributed by atoms with Gasteiger partial charge in [-0.3, -0.25) is 4.79 Å². The predicted molar refractivity (Wildman–Crippen MR) is 90.1 cm³/mol. The monoisotopic (exact) mass is 308 g/mol. The molecule has 1 aromatic heterocycles. The summed E-state index contributed by atoms with van der Waals surface area (Å²) in [4.78, 5) is 12.6. The molecule has 1 amide bonds. The fraction of sp³-hybridized carbons (Fsp3) is 0.778. The first-order chi connectivity index (χ1) is 10.2. The van der Waals surface area contributed by atoms with Crippen LogP contribution in [-0.2, 0) is 6.42 Å². The third-order valence-electron chi connectivity index (χ3n) is 5.08. The van der Waals surface area contributed by atoms with E-state index in [2.05, 4.69) is 45.1 Å². The highest BCUT2D eigenvalue weighted by molar-refractivity contribution is 5.94. The molecule has 4 heteroatoms. The highest BCUT2D eigenvalue weighted by atomic mass is 16.5. The molecule has 0 aliphatic heterocycles. The average Bonchev–Trinajstić information content (AvgIpc) is 2.79. The molecular weight excluding hydrogens is 276 g/mol. The molecule has 0 bridgehead atoms. The Morgan fingerprint density at radius 3 is 2.32 bits per heavy atom. The topological polar surface area (TPSA) is 55.1 Å². The molecule has 1 aromatic rings. The van der Waals surface area contributed by atoms with Crippen LogP contribution in [0.3, 0.4) is 0 Å². The summed E-state index contributed by atoms with van der Waals surface area (Å²) in [5, 5.41) is 7.10. The zero-order valence-corrected chi connectivity index (χ0v) is 15.3. The van der Waals surface area contributed by atoms with Crippen molar-refractivity contribution >= 4 is 5.91 Å². The number of amides is 1. The van der Waals surface area contributed by atoms with Gasteiger partial charge in [0.05, 0.1) is 0 Å². The van der Waals surface area contributed by atoms with Crippen LogP contribution in [0.5, 0.6) is 0 Å². The molecule has 4 nitrogen and oxygen atoms in total. The Labute approximate surface area is 135 Å². The molecule has 0 radical (unpaired) electrons. The zero-order valence-electron chi connectivity index (χ0n) is 15.3. The third-order valence-corrected chi connectivity index (χ3v) is 5.08. The van der Waals surface area contributed by atoms with E-state index in [0.29, 0.717) is 5.69 Å². The molecule has 0 atom stereocenters. The number of nitrogens with zero attached hydrogens (tertiary/aromatic N) is 1. The second-order valence-electron chi connectivity index (χ2n) is 7.35. The van der Waals surface area contributed by atoms with Gasteiger partial charge in [0, 0.05) is 17.5 Å². The lowest BCUT2D eigenvalue weighted by Gasteiger charge is -2.42. The summed E-state index contributed by atoms with van der Waals surface area (Å²) >= 11 is 0. The zero-order chi connectivity index (χ0) is 17.0. The van der Waals surface area contributed by atoms with Crippen LogP contribution in [0.4, 0.5) is 0 Å². The lowest BCUT2D eigenvalue weighted by atomic mass is 9.71. The molecule has 1 rings (SSSR count). The van der Waals surface area contributed by atoms with Gasteiger partial charge in [-0.15, -0.1) is 0 Å². The van der Waals surface area contributed by atoms with Crippen LogP contribution in [-0.4, -0.2) is 16.6 Å². The van der Waals surface area contributed by atoms with Crippen molar-refractivity contribution in [2.75, 3.05) is 0 Å². The van der Waals surface area contributed by atoms with Crippen molar-refractivity contribution in [3.05, 3.63) is 17.0 Å². The first-order valence-corrected chi connectivity index (χ1v) is 8.44. The van der Waals surface area contributed by atoms with Gasteiger partial charge in [-0.05, 0) is 32.6 Å². The summed E-state index contributed by atoms with van der Waals surface area (Å²) in [6, 6.07) is 0. The fourth-order valence-electron chi connectivity index (χ4n) is 2.55. The van der Waals surface area contributed by atoms with E-state index >= 15 is 0 Å². The van der Waals surface area contributed by atoms with Gasteiger partial charge in [-0.2, -0.15) is 0 Å². The smallest absolute Gasteiger partial charge is 0.274 e. The molecule has 0 aromatic carbocycles. The van der Waals surface area contributed by atoms with Gasteiger partial charge >= 0.3 is 0 Å². The Bertz CT molecular complexity index is 501. The molecule has 0 unspecified atom stereocenters. The highest BCUT2D eigenvalue weighted by Gasteiger charge is 2.38. The van der Waals surface area contributed by atoms with Crippen molar-refractivity contribution in [3.8, 4) is 0 Å². The number of aromatic nitrogens is 1. The van der Waals surface area contributed by atoms with Crippen molar-refractivity contribution in [2.24, 2.45) is 5.41 Å². The molecule has 22 heavy (non-hydrogen) atoms. The minimum absolute atomic E-state index is 0.0169. The summed E-state index contributed by atoms with van der Waals surface area (Å²) in [5.41, 5.74) is 0.965. The van der Waals surface area contributed by atoms with Crippen LogP contribution >= 0.6 is 0 Å². The number of aryl methyl sites for hydroxylation is 1. The van der Waals surface area contributed by atoms with E-state index in [0.717, 1.165) is 24.2 Å². The lowest BCUT2D eigenvalue weighted by Crippen LogP contribution is -2.53. The molecule has 126 valence electrons. The third kappa shape index (κ3) is 4.11. The Hall–Kier alpha value is -1.32. The van der Waals surface area contributed by atoms with Crippen LogP contribution in [0, 0.1) is 12.3 Å². The number of carbonyl (C=O) groups is 1.